The van der Waals surface area contributed by atoms with Gasteiger partial charge in [-0.2, -0.15) is 0 Å². The van der Waals surface area contributed by atoms with Crippen LogP contribution in [0.4, 0.5) is 0 Å². The summed E-state index contributed by atoms with van der Waals surface area (Å²) < 4.78 is 34.6. The van der Waals surface area contributed by atoms with Crippen molar-refractivity contribution in [3.8, 4) is 0 Å². The summed E-state index contributed by atoms with van der Waals surface area (Å²) in [6.45, 7) is 1.70. The van der Waals surface area contributed by atoms with Crippen molar-refractivity contribution in [3.05, 3.63) is 146 Å². The van der Waals surface area contributed by atoms with Gasteiger partial charge in [-0.05, 0) is 103 Å². The van der Waals surface area contributed by atoms with Crippen molar-refractivity contribution < 1.29 is 89.4 Å². The van der Waals surface area contributed by atoms with Crippen molar-refractivity contribution in [1.29, 1.82) is 0 Å². The van der Waals surface area contributed by atoms with Gasteiger partial charge in [0.05, 0.1) is 38.6 Å². The molecule has 3 saturated heterocycles. The van der Waals surface area contributed by atoms with Gasteiger partial charge in [-0.3, -0.25) is 4.79 Å². The van der Waals surface area contributed by atoms with Crippen molar-refractivity contribution in [1.82, 2.24) is 5.32 Å². The summed E-state index contributed by atoms with van der Waals surface area (Å²) in [5.74, 6) is -0.268. The first-order chi connectivity index (χ1) is 58.3. The second kappa shape index (κ2) is 77.3. The van der Waals surface area contributed by atoms with Crippen LogP contribution < -0.4 is 5.32 Å². The third-order valence-corrected chi connectivity index (χ3v) is 22.7. The van der Waals surface area contributed by atoms with Crippen LogP contribution in [-0.2, 0) is 33.2 Å². The molecule has 0 saturated carbocycles. The molecule has 12 N–H and O–H groups in total. The Bertz CT molecular complexity index is 2720. The molecule has 0 radical (unpaired) electrons. The Morgan fingerprint density at radius 1 is 0.311 bits per heavy atom. The fourth-order valence-corrected chi connectivity index (χ4v) is 15.2. The summed E-state index contributed by atoms with van der Waals surface area (Å²) in [7, 11) is 0. The van der Waals surface area contributed by atoms with Gasteiger partial charge in [-0.15, -0.1) is 0 Å². The average Bonchev–Trinajstić information content (AvgIpc) is 0.778. The van der Waals surface area contributed by atoms with Crippen LogP contribution in [0.5, 0.6) is 0 Å². The van der Waals surface area contributed by atoms with E-state index in [1.165, 1.54) is 186 Å². The molecule has 3 fully saturated rings. The topological polar surface area (TPSA) is 307 Å². The highest BCUT2D eigenvalue weighted by molar-refractivity contribution is 5.76. The molecular weight excluding hydrogens is 1500 g/mol. The number of nitrogens with one attached hydrogen (secondary N) is 1. The third kappa shape index (κ3) is 54.9. The van der Waals surface area contributed by atoms with Crippen molar-refractivity contribution in [2.75, 3.05) is 26.4 Å². The van der Waals surface area contributed by atoms with Crippen molar-refractivity contribution in [2.24, 2.45) is 0 Å². The minimum atomic E-state index is -1.98. The van der Waals surface area contributed by atoms with E-state index >= 15 is 0 Å². The number of ether oxygens (including phenoxy) is 6. The van der Waals surface area contributed by atoms with Crippen LogP contribution in [0.15, 0.2) is 146 Å². The molecule has 3 rings (SSSR count). The molecule has 3 aliphatic heterocycles. The molecule has 3 heterocycles. The second-order valence-electron chi connectivity index (χ2n) is 33.1. The SMILES string of the molecule is CC/C=C\C/C=C\C/C=C\C/C=C\C/C=C\C/C=C\C/C=C\C/C=C\C/C=C\C/C=C\C/C=C\C/C=C\CCCCCCC(=O)NC(COC1OC(CO)C(OC2OC(CO)C(OC3OC(CO)C(O)C(O)C3O)C(O)C2O)C(O)C1O)C(O)CCCCCCCCCCCCCCCCCCCCCCCCCCCCCCCCCCC. The Morgan fingerprint density at radius 2 is 0.580 bits per heavy atom. The monoisotopic (exact) mass is 1670 g/mol. The molecule has 0 aliphatic carbocycles. The van der Waals surface area contributed by atoms with Crippen molar-refractivity contribution >= 4 is 5.91 Å². The van der Waals surface area contributed by atoms with Crippen LogP contribution >= 0.6 is 0 Å². The summed E-state index contributed by atoms with van der Waals surface area (Å²) in [6, 6.07) is -0.915. The number of carbonyl (C=O) groups excluding carboxylic acids is 1. The van der Waals surface area contributed by atoms with E-state index in [0.29, 0.717) is 19.3 Å². The summed E-state index contributed by atoms with van der Waals surface area (Å²) in [6.07, 6.45) is 86.7. The Morgan fingerprint density at radius 3 is 0.908 bits per heavy atom. The summed E-state index contributed by atoms with van der Waals surface area (Å²) in [5, 5.41) is 121. The maximum absolute atomic E-state index is 13.6. The highest BCUT2D eigenvalue weighted by Gasteiger charge is 2.54. The molecule has 0 aromatic carbocycles. The quantitative estimate of drug-likeness (QED) is 0.0199. The van der Waals surface area contributed by atoms with E-state index in [1.54, 1.807) is 0 Å². The van der Waals surface area contributed by atoms with Crippen LogP contribution in [0.1, 0.15) is 348 Å². The molecule has 19 heteroatoms. The van der Waals surface area contributed by atoms with E-state index in [1.807, 2.05) is 0 Å². The zero-order valence-electron chi connectivity index (χ0n) is 74.0. The van der Waals surface area contributed by atoms with Gasteiger partial charge in [0.1, 0.15) is 73.2 Å². The standard InChI is InChI=1S/C100H171NO18/c1-3-5-7-9-11-13-15-17-19-21-23-25-27-29-31-33-35-37-38-39-40-41-42-43-44-46-48-50-52-54-56-58-60-62-64-66-68-70-72-74-76-78-88(106)101-83(84(105)77-75-73-71-69-67-65-63-61-59-57-55-53-51-49-47-45-36-34-32-30-28-26-24-22-20-18-16-14-12-10-8-6-4-2)82-114-98-94(112)91(109)96(86(80-103)116-98)119-100-95(113)92(110)97(87(81-104)117-100)118-99-93(111)90(108)89(107)85(79-102)115-99/h5,7,11,13,17,19,23,25,29,31,35,37,39-40,42-43,46,48,52,54,58,60,64,66,83-87,89-100,102-105,107-113H,3-4,6,8-10,12,14-16,18,20-22,24,26-28,30,32-34,36,38,41,44-45,47,49-51,53,55-57,59,61-63,65,67-82H2,1-2H3,(H,101,106)/b7-5-,13-11-,19-17-,25-23-,31-29-,37-35-,40-39-,43-42-,48-46-,54-52-,60-58-,66-64-. The molecule has 19 nitrogen and oxygen atoms in total. The maximum Gasteiger partial charge on any atom is 0.220 e. The van der Waals surface area contributed by atoms with Gasteiger partial charge in [0, 0.05) is 6.42 Å². The number of hydrogen-bond acceptors (Lipinski definition) is 18. The van der Waals surface area contributed by atoms with Crippen molar-refractivity contribution in [3.63, 3.8) is 0 Å². The van der Waals surface area contributed by atoms with Crippen molar-refractivity contribution in [2.45, 2.75) is 452 Å². The number of unbranched alkanes of at least 4 members (excludes halogenated alkanes) is 36. The lowest BCUT2D eigenvalue weighted by atomic mass is 9.96. The zero-order valence-corrected chi connectivity index (χ0v) is 74.0. The van der Waals surface area contributed by atoms with Crippen LogP contribution in [0.3, 0.4) is 0 Å². The van der Waals surface area contributed by atoms with E-state index in [4.69, 9.17) is 28.4 Å². The molecule has 0 spiro atoms. The minimum absolute atomic E-state index is 0.228. The Hall–Kier alpha value is -4.33. The summed E-state index contributed by atoms with van der Waals surface area (Å²) in [4.78, 5) is 13.6. The molecule has 1 amide bonds. The number of aliphatic hydroxyl groups excluding tert-OH is 11. The van der Waals surface area contributed by atoms with Gasteiger partial charge in [0.15, 0.2) is 18.9 Å². The largest absolute Gasteiger partial charge is 0.394 e. The van der Waals surface area contributed by atoms with Gasteiger partial charge < -0.3 is 89.9 Å². The molecule has 0 aromatic rings. The minimum Gasteiger partial charge on any atom is -0.394 e. The molecule has 0 bridgehead atoms. The molecule has 684 valence electrons. The van der Waals surface area contributed by atoms with Gasteiger partial charge in [-0.1, -0.05) is 384 Å². The van der Waals surface area contributed by atoms with Gasteiger partial charge in [0.2, 0.25) is 5.91 Å². The lowest BCUT2D eigenvalue weighted by Gasteiger charge is -2.48. The molecular formula is C100H171NO18. The second-order valence-corrected chi connectivity index (χ2v) is 33.1. The molecule has 17 atom stereocenters. The lowest BCUT2D eigenvalue weighted by molar-refractivity contribution is -0.379. The van der Waals surface area contributed by atoms with E-state index in [2.05, 4.69) is 165 Å². The number of aliphatic hydroxyl groups is 11. The fourth-order valence-electron chi connectivity index (χ4n) is 15.2. The number of hydrogen-bond donors (Lipinski definition) is 12. The Balaban J connectivity index is 1.33. The number of rotatable bonds is 76. The average molecular weight is 1680 g/mol. The number of allylic oxidation sites excluding steroid dienone is 24. The first kappa shape index (κ1) is 109. The molecule has 3 aliphatic rings. The predicted octanol–water partition coefficient (Wildman–Crippen LogP) is 19.3. The van der Waals surface area contributed by atoms with Crippen LogP contribution in [-0.4, -0.2) is 193 Å². The molecule has 0 aromatic heterocycles. The Kier molecular flexibility index (Phi) is 70.7. The molecule has 17 unspecified atom stereocenters. The van der Waals surface area contributed by atoms with Gasteiger partial charge in [0.25, 0.3) is 0 Å². The highest BCUT2D eigenvalue weighted by atomic mass is 16.8. The first-order valence-electron chi connectivity index (χ1n) is 47.6. The third-order valence-electron chi connectivity index (χ3n) is 22.7. The van der Waals surface area contributed by atoms with E-state index < -0.39 is 124 Å². The van der Waals surface area contributed by atoms with Gasteiger partial charge >= 0.3 is 0 Å². The van der Waals surface area contributed by atoms with Crippen LogP contribution in [0.2, 0.25) is 0 Å². The van der Waals surface area contributed by atoms with E-state index in [-0.39, 0.29) is 18.9 Å². The number of carbonyl (C=O) groups is 1. The van der Waals surface area contributed by atoms with Crippen LogP contribution in [0.25, 0.3) is 0 Å². The first-order valence-corrected chi connectivity index (χ1v) is 47.6. The summed E-state index contributed by atoms with van der Waals surface area (Å²) in [5.41, 5.74) is 0. The predicted molar refractivity (Wildman–Crippen MR) is 484 cm³/mol. The number of amides is 1. The zero-order chi connectivity index (χ0) is 85.9. The van der Waals surface area contributed by atoms with Gasteiger partial charge in [-0.25, -0.2) is 0 Å². The highest BCUT2D eigenvalue weighted by Crippen LogP contribution is 2.34. The maximum atomic E-state index is 13.6. The Labute approximate surface area is 721 Å². The fraction of sp³-hybridized carbons (Fsp3) is 0.750. The molecule has 119 heavy (non-hydrogen) atoms. The van der Waals surface area contributed by atoms with Crippen LogP contribution in [0, 0.1) is 0 Å². The smallest absolute Gasteiger partial charge is 0.220 e. The normalized spacial score (nSPS) is 24.9. The van der Waals surface area contributed by atoms with E-state index in [0.717, 1.165) is 122 Å². The van der Waals surface area contributed by atoms with E-state index in [9.17, 15) is 61.0 Å². The summed E-state index contributed by atoms with van der Waals surface area (Å²) >= 11 is 0. The lowest BCUT2D eigenvalue weighted by Crippen LogP contribution is -2.66.